The lowest BCUT2D eigenvalue weighted by atomic mass is 10.2. The highest BCUT2D eigenvalue weighted by Gasteiger charge is 2.10. The molecule has 12 heavy (non-hydrogen) atoms. The first-order valence-corrected chi connectivity index (χ1v) is 5.19. The molecule has 0 atom stereocenters. The van der Waals surface area contributed by atoms with Crippen LogP contribution in [0, 0.1) is 0 Å². The molecule has 0 spiro atoms. The van der Waals surface area contributed by atoms with E-state index in [1.807, 2.05) is 0 Å². The minimum Gasteiger partial charge on any atom is -0.205 e. The first kappa shape index (κ1) is 10.1. The molecule has 0 fully saturated rings. The van der Waals surface area contributed by atoms with Gasteiger partial charge in [0.25, 0.3) is 6.43 Å². The largest absolute Gasteiger partial charge is 0.264 e. The van der Waals surface area contributed by atoms with Crippen LogP contribution in [0.15, 0.2) is 22.7 Å². The van der Waals surface area contributed by atoms with Gasteiger partial charge in [0.05, 0.1) is 0 Å². The zero-order valence-corrected chi connectivity index (χ0v) is 9.20. The first-order chi connectivity index (χ1) is 5.65. The molecule has 0 bridgehead atoms. The van der Waals surface area contributed by atoms with Crippen molar-refractivity contribution in [3.05, 3.63) is 33.8 Å². The average Bonchev–Trinajstić information content (AvgIpc) is 2.03. The minimum atomic E-state index is -2.41. The van der Waals surface area contributed by atoms with Gasteiger partial charge in [-0.05, 0) is 11.6 Å². The van der Waals surface area contributed by atoms with Gasteiger partial charge in [0.15, 0.2) is 0 Å². The molecule has 1 aromatic carbocycles. The van der Waals surface area contributed by atoms with Gasteiger partial charge in [0.1, 0.15) is 0 Å². The van der Waals surface area contributed by atoms with E-state index in [1.54, 1.807) is 12.1 Å². The molecular weight excluding hydrogens is 294 g/mol. The van der Waals surface area contributed by atoms with Gasteiger partial charge in [-0.3, -0.25) is 0 Å². The summed E-state index contributed by atoms with van der Waals surface area (Å²) in [4.78, 5) is 0. The summed E-state index contributed by atoms with van der Waals surface area (Å²) in [6, 6.07) is 4.81. The van der Waals surface area contributed by atoms with Crippen LogP contribution >= 0.6 is 31.9 Å². The number of rotatable bonds is 2. The molecule has 0 aliphatic carbocycles. The van der Waals surface area contributed by atoms with Crippen LogP contribution in [-0.2, 0) is 5.33 Å². The molecule has 0 saturated heterocycles. The summed E-state index contributed by atoms with van der Waals surface area (Å²) < 4.78 is 24.9. The van der Waals surface area contributed by atoms with E-state index in [9.17, 15) is 8.78 Å². The number of hydrogen-bond acceptors (Lipinski definition) is 0. The van der Waals surface area contributed by atoms with Crippen molar-refractivity contribution in [2.75, 3.05) is 0 Å². The van der Waals surface area contributed by atoms with E-state index in [4.69, 9.17) is 0 Å². The fraction of sp³-hybridized carbons (Fsp3) is 0.250. The van der Waals surface area contributed by atoms with Crippen LogP contribution < -0.4 is 0 Å². The summed E-state index contributed by atoms with van der Waals surface area (Å²) in [6.45, 7) is 0. The summed E-state index contributed by atoms with van der Waals surface area (Å²) in [7, 11) is 0. The van der Waals surface area contributed by atoms with Crippen molar-refractivity contribution in [1.82, 2.24) is 0 Å². The summed E-state index contributed by atoms with van der Waals surface area (Å²) in [6.07, 6.45) is -2.41. The van der Waals surface area contributed by atoms with E-state index in [0.29, 0.717) is 9.80 Å². The molecule has 1 aromatic rings. The van der Waals surface area contributed by atoms with Crippen molar-refractivity contribution in [2.24, 2.45) is 0 Å². The lowest BCUT2D eigenvalue weighted by molar-refractivity contribution is 0.150. The molecule has 4 heteroatoms. The van der Waals surface area contributed by atoms with Crippen molar-refractivity contribution < 1.29 is 8.78 Å². The van der Waals surface area contributed by atoms with E-state index in [1.165, 1.54) is 6.07 Å². The molecule has 0 saturated carbocycles. The summed E-state index contributed by atoms with van der Waals surface area (Å²) in [5, 5.41) is 0.676. The summed E-state index contributed by atoms with van der Waals surface area (Å²) >= 11 is 6.33. The number of hydrogen-bond donors (Lipinski definition) is 0. The molecule has 0 aliphatic rings. The minimum absolute atomic E-state index is 0.0414. The highest BCUT2D eigenvalue weighted by Crippen LogP contribution is 2.28. The normalized spacial score (nSPS) is 10.8. The number of benzene rings is 1. The fourth-order valence-corrected chi connectivity index (χ4v) is 1.78. The third-order valence-electron chi connectivity index (χ3n) is 1.45. The second-order valence-electron chi connectivity index (χ2n) is 2.29. The Bertz CT molecular complexity index is 274. The third-order valence-corrected chi connectivity index (χ3v) is 2.79. The van der Waals surface area contributed by atoms with Gasteiger partial charge in [0.2, 0.25) is 0 Å². The molecule has 0 nitrogen and oxygen atoms in total. The van der Waals surface area contributed by atoms with Crippen molar-refractivity contribution >= 4 is 31.9 Å². The number of halogens is 4. The highest BCUT2D eigenvalue weighted by atomic mass is 79.9. The Balaban J connectivity index is 3.03. The second kappa shape index (κ2) is 4.33. The molecule has 0 aromatic heterocycles. The van der Waals surface area contributed by atoms with Crippen molar-refractivity contribution in [2.45, 2.75) is 11.8 Å². The van der Waals surface area contributed by atoms with E-state index in [-0.39, 0.29) is 5.56 Å². The predicted molar refractivity (Wildman–Crippen MR) is 51.7 cm³/mol. The Hall–Kier alpha value is 0.0400. The van der Waals surface area contributed by atoms with E-state index in [2.05, 4.69) is 31.9 Å². The molecule has 0 unspecified atom stereocenters. The topological polar surface area (TPSA) is 0 Å². The van der Waals surface area contributed by atoms with Gasteiger partial charge >= 0.3 is 0 Å². The van der Waals surface area contributed by atoms with Gasteiger partial charge in [-0.1, -0.05) is 44.0 Å². The zero-order valence-electron chi connectivity index (χ0n) is 6.03. The third kappa shape index (κ3) is 2.26. The molecule has 0 radical (unpaired) electrons. The smallest absolute Gasteiger partial charge is 0.205 e. The van der Waals surface area contributed by atoms with Crippen LogP contribution in [-0.4, -0.2) is 0 Å². The Labute approximate surface area is 86.2 Å². The van der Waals surface area contributed by atoms with Crippen molar-refractivity contribution in [1.29, 1.82) is 0 Å². The zero-order chi connectivity index (χ0) is 9.14. The molecular formula is C8H6Br2F2. The summed E-state index contributed by atoms with van der Waals surface area (Å²) in [5.41, 5.74) is 1.02. The van der Waals surface area contributed by atoms with Crippen LogP contribution in [0.2, 0.25) is 0 Å². The van der Waals surface area contributed by atoms with Crippen molar-refractivity contribution in [3.63, 3.8) is 0 Å². The Morgan fingerprint density at radius 2 is 2.00 bits per heavy atom. The maximum absolute atomic E-state index is 12.2. The van der Waals surface area contributed by atoms with E-state index < -0.39 is 6.43 Å². The van der Waals surface area contributed by atoms with Crippen LogP contribution in [0.4, 0.5) is 8.78 Å². The molecule has 1 rings (SSSR count). The SMILES string of the molecule is FC(F)c1ccc(CBr)cc1Br. The molecule has 0 amide bonds. The van der Waals surface area contributed by atoms with Gasteiger partial charge in [-0.2, -0.15) is 0 Å². The first-order valence-electron chi connectivity index (χ1n) is 3.27. The quantitative estimate of drug-likeness (QED) is 0.715. The van der Waals surface area contributed by atoms with Gasteiger partial charge in [-0.15, -0.1) is 0 Å². The molecule has 66 valence electrons. The molecule has 0 aliphatic heterocycles. The molecule has 0 heterocycles. The maximum atomic E-state index is 12.2. The van der Waals surface area contributed by atoms with Gasteiger partial charge in [-0.25, -0.2) is 8.78 Å². The van der Waals surface area contributed by atoms with Crippen LogP contribution in [0.5, 0.6) is 0 Å². The number of alkyl halides is 3. The molecule has 0 N–H and O–H groups in total. The fourth-order valence-electron chi connectivity index (χ4n) is 0.831. The maximum Gasteiger partial charge on any atom is 0.264 e. The van der Waals surface area contributed by atoms with Gasteiger partial charge in [0, 0.05) is 15.4 Å². The Morgan fingerprint density at radius 3 is 2.42 bits per heavy atom. The Morgan fingerprint density at radius 1 is 1.33 bits per heavy atom. The van der Waals surface area contributed by atoms with Crippen LogP contribution in [0.1, 0.15) is 17.6 Å². The Kier molecular flexibility index (Phi) is 3.65. The van der Waals surface area contributed by atoms with Crippen LogP contribution in [0.25, 0.3) is 0 Å². The van der Waals surface area contributed by atoms with Crippen LogP contribution in [0.3, 0.4) is 0 Å². The lowest BCUT2D eigenvalue weighted by Gasteiger charge is -2.03. The predicted octanol–water partition coefficient (Wildman–Crippen LogP) is 4.28. The van der Waals surface area contributed by atoms with E-state index in [0.717, 1.165) is 5.56 Å². The lowest BCUT2D eigenvalue weighted by Crippen LogP contribution is -1.87. The second-order valence-corrected chi connectivity index (χ2v) is 3.71. The van der Waals surface area contributed by atoms with Crippen molar-refractivity contribution in [3.8, 4) is 0 Å². The highest BCUT2D eigenvalue weighted by molar-refractivity contribution is 9.10. The standard InChI is InChI=1S/C8H6Br2F2/c9-4-5-1-2-6(8(11)12)7(10)3-5/h1-3,8H,4H2. The monoisotopic (exact) mass is 298 g/mol. The van der Waals surface area contributed by atoms with E-state index >= 15 is 0 Å². The van der Waals surface area contributed by atoms with Gasteiger partial charge < -0.3 is 0 Å². The average molecular weight is 300 g/mol. The summed E-state index contributed by atoms with van der Waals surface area (Å²) in [5.74, 6) is 0.